The Morgan fingerprint density at radius 2 is 1.11 bits per heavy atom. The zero-order valence-corrected chi connectivity index (χ0v) is 22.7. The van der Waals surface area contributed by atoms with Crippen molar-refractivity contribution < 1.29 is 28.5 Å². The van der Waals surface area contributed by atoms with E-state index in [0.29, 0.717) is 47.7 Å². The molecule has 0 aliphatic rings. The molecule has 0 aromatic heterocycles. The smallest absolute Gasteiger partial charge is 0.338 e. The zero-order valence-electron chi connectivity index (χ0n) is 22.7. The molecular weight excluding hydrogens is 480 g/mol. The van der Waals surface area contributed by atoms with Crippen LogP contribution in [0.3, 0.4) is 0 Å². The largest absolute Gasteiger partial charge is 0.494 e. The summed E-state index contributed by atoms with van der Waals surface area (Å²) in [6, 6.07) is 22.9. The molecule has 0 spiro atoms. The maximum Gasteiger partial charge on any atom is 0.338 e. The highest BCUT2D eigenvalue weighted by molar-refractivity contribution is 5.90. The lowest BCUT2D eigenvalue weighted by Crippen LogP contribution is -2.19. The van der Waals surface area contributed by atoms with Gasteiger partial charge in [0.1, 0.15) is 18.1 Å². The maximum atomic E-state index is 12.9. The summed E-state index contributed by atoms with van der Waals surface area (Å²) in [6.07, 6.45) is 1.16. The first kappa shape index (κ1) is 28.8. The molecule has 0 amide bonds. The van der Waals surface area contributed by atoms with E-state index < -0.39 is 18.0 Å². The highest BCUT2D eigenvalue weighted by Crippen LogP contribution is 2.22. The van der Waals surface area contributed by atoms with Crippen LogP contribution >= 0.6 is 0 Å². The molecule has 3 aromatic rings. The van der Waals surface area contributed by atoms with Gasteiger partial charge in [0.15, 0.2) is 6.10 Å². The van der Waals surface area contributed by atoms with Gasteiger partial charge >= 0.3 is 11.9 Å². The van der Waals surface area contributed by atoms with Crippen LogP contribution in [-0.2, 0) is 9.47 Å². The van der Waals surface area contributed by atoms with E-state index >= 15 is 0 Å². The number of ether oxygens (including phenoxy) is 4. The van der Waals surface area contributed by atoms with Gasteiger partial charge in [-0.05, 0) is 78.8 Å². The van der Waals surface area contributed by atoms with Gasteiger partial charge in [0, 0.05) is 0 Å². The van der Waals surface area contributed by atoms with Gasteiger partial charge < -0.3 is 18.9 Å². The Hall–Kier alpha value is -3.80. The molecule has 0 radical (unpaired) electrons. The van der Waals surface area contributed by atoms with Crippen molar-refractivity contribution in [3.05, 3.63) is 95.6 Å². The highest BCUT2D eigenvalue weighted by Gasteiger charge is 2.21. The summed E-state index contributed by atoms with van der Waals surface area (Å²) in [7, 11) is 0. The predicted molar refractivity (Wildman–Crippen MR) is 148 cm³/mol. The molecule has 38 heavy (non-hydrogen) atoms. The first-order valence-corrected chi connectivity index (χ1v) is 13.2. The fourth-order valence-electron chi connectivity index (χ4n) is 3.50. The molecule has 0 saturated heterocycles. The molecule has 3 aromatic carbocycles. The van der Waals surface area contributed by atoms with Gasteiger partial charge in [-0.15, -0.1) is 0 Å². The standard InChI is InChI=1S/C32H38O6/c1-23(2)18-20-35-28-14-10-26(11-15-28)31(33)37-22-30(25-8-6-5-7-9-25)38-32(34)27-12-16-29(17-13-27)36-21-19-24(3)4/h5-17,23-24,30H,18-22H2,1-4H3. The molecule has 1 unspecified atom stereocenters. The normalized spacial score (nSPS) is 11.7. The fourth-order valence-corrected chi connectivity index (χ4v) is 3.50. The lowest BCUT2D eigenvalue weighted by Gasteiger charge is -2.19. The number of hydrogen-bond donors (Lipinski definition) is 0. The number of rotatable bonds is 14. The van der Waals surface area contributed by atoms with Gasteiger partial charge in [0.2, 0.25) is 0 Å². The summed E-state index contributed by atoms with van der Waals surface area (Å²) in [5.41, 5.74) is 1.52. The molecule has 0 aliphatic heterocycles. The van der Waals surface area contributed by atoms with Crippen molar-refractivity contribution in [2.75, 3.05) is 19.8 Å². The van der Waals surface area contributed by atoms with E-state index in [9.17, 15) is 9.59 Å². The van der Waals surface area contributed by atoms with Crippen LogP contribution in [0.4, 0.5) is 0 Å². The zero-order chi connectivity index (χ0) is 27.3. The van der Waals surface area contributed by atoms with Crippen molar-refractivity contribution in [3.8, 4) is 11.5 Å². The number of carbonyl (C=O) groups excluding carboxylic acids is 2. The lowest BCUT2D eigenvalue weighted by atomic mass is 10.1. The monoisotopic (exact) mass is 518 g/mol. The minimum atomic E-state index is -0.756. The minimum absolute atomic E-state index is 0.113. The van der Waals surface area contributed by atoms with Crippen molar-refractivity contribution in [2.24, 2.45) is 11.8 Å². The lowest BCUT2D eigenvalue weighted by molar-refractivity contribution is -0.00134. The minimum Gasteiger partial charge on any atom is -0.494 e. The predicted octanol–water partition coefficient (Wildman–Crippen LogP) is 7.29. The Labute approximate surface area is 225 Å². The summed E-state index contributed by atoms with van der Waals surface area (Å²) in [4.78, 5) is 25.6. The van der Waals surface area contributed by atoms with E-state index in [1.807, 2.05) is 30.3 Å². The molecule has 0 aliphatic carbocycles. The van der Waals surface area contributed by atoms with Crippen molar-refractivity contribution in [1.82, 2.24) is 0 Å². The van der Waals surface area contributed by atoms with Gasteiger partial charge in [-0.1, -0.05) is 58.0 Å². The fraction of sp³-hybridized carbons (Fsp3) is 0.375. The third kappa shape index (κ3) is 9.58. The molecule has 6 nitrogen and oxygen atoms in total. The Morgan fingerprint density at radius 1 is 0.632 bits per heavy atom. The van der Waals surface area contributed by atoms with E-state index in [-0.39, 0.29) is 6.61 Å². The maximum absolute atomic E-state index is 12.9. The summed E-state index contributed by atoms with van der Waals surface area (Å²) < 4.78 is 22.7. The van der Waals surface area contributed by atoms with Crippen LogP contribution in [0.5, 0.6) is 11.5 Å². The van der Waals surface area contributed by atoms with Crippen LogP contribution in [0.2, 0.25) is 0 Å². The third-order valence-corrected chi connectivity index (χ3v) is 5.89. The number of benzene rings is 3. The molecule has 1 atom stereocenters. The van der Waals surface area contributed by atoms with Crippen LogP contribution in [0.15, 0.2) is 78.9 Å². The molecule has 0 bridgehead atoms. The summed E-state index contributed by atoms with van der Waals surface area (Å²) in [5, 5.41) is 0. The molecule has 0 saturated carbocycles. The third-order valence-electron chi connectivity index (χ3n) is 5.89. The molecule has 0 fully saturated rings. The summed E-state index contributed by atoms with van der Waals surface area (Å²) in [6.45, 7) is 9.70. The first-order valence-electron chi connectivity index (χ1n) is 13.2. The van der Waals surface area contributed by atoms with Gasteiger partial charge in [0.05, 0.1) is 24.3 Å². The Balaban J connectivity index is 1.59. The molecule has 202 valence electrons. The average molecular weight is 519 g/mol. The van der Waals surface area contributed by atoms with Crippen LogP contribution < -0.4 is 9.47 Å². The SMILES string of the molecule is CC(C)CCOc1ccc(C(=O)OCC(OC(=O)c2ccc(OCCC(C)C)cc2)c2ccccc2)cc1. The highest BCUT2D eigenvalue weighted by atomic mass is 16.6. The number of esters is 2. The molecule has 0 heterocycles. The number of hydrogen-bond acceptors (Lipinski definition) is 6. The second-order valence-electron chi connectivity index (χ2n) is 10.0. The van der Waals surface area contributed by atoms with Gasteiger partial charge in [0.25, 0.3) is 0 Å². The average Bonchev–Trinajstić information content (AvgIpc) is 2.91. The Bertz CT molecular complexity index is 1120. The van der Waals surface area contributed by atoms with Crippen molar-refractivity contribution in [1.29, 1.82) is 0 Å². The van der Waals surface area contributed by atoms with Crippen molar-refractivity contribution >= 4 is 11.9 Å². The van der Waals surface area contributed by atoms with E-state index in [1.165, 1.54) is 0 Å². The van der Waals surface area contributed by atoms with Gasteiger partial charge in [-0.2, -0.15) is 0 Å². The van der Waals surface area contributed by atoms with E-state index in [2.05, 4.69) is 27.7 Å². The molecular formula is C32H38O6. The van der Waals surface area contributed by atoms with E-state index in [1.54, 1.807) is 48.5 Å². The topological polar surface area (TPSA) is 71.1 Å². The van der Waals surface area contributed by atoms with Crippen LogP contribution in [0, 0.1) is 11.8 Å². The van der Waals surface area contributed by atoms with E-state index in [0.717, 1.165) is 18.4 Å². The number of carbonyl (C=O) groups is 2. The first-order chi connectivity index (χ1) is 18.3. The molecule has 3 rings (SSSR count). The molecule has 0 N–H and O–H groups in total. The molecule has 6 heteroatoms. The Morgan fingerprint density at radius 3 is 1.58 bits per heavy atom. The second kappa shape index (κ2) is 14.8. The van der Waals surface area contributed by atoms with Crippen LogP contribution in [0.1, 0.15) is 72.9 Å². The van der Waals surface area contributed by atoms with Gasteiger partial charge in [-0.3, -0.25) is 0 Å². The van der Waals surface area contributed by atoms with Gasteiger partial charge in [-0.25, -0.2) is 9.59 Å². The second-order valence-corrected chi connectivity index (χ2v) is 10.0. The Kier molecular flexibility index (Phi) is 11.2. The van der Waals surface area contributed by atoms with Crippen molar-refractivity contribution in [2.45, 2.75) is 46.6 Å². The van der Waals surface area contributed by atoms with Crippen LogP contribution in [-0.4, -0.2) is 31.8 Å². The van der Waals surface area contributed by atoms with Crippen LogP contribution in [0.25, 0.3) is 0 Å². The summed E-state index contributed by atoms with van der Waals surface area (Å²) in [5.74, 6) is 1.51. The summed E-state index contributed by atoms with van der Waals surface area (Å²) >= 11 is 0. The van der Waals surface area contributed by atoms with E-state index in [4.69, 9.17) is 18.9 Å². The quantitative estimate of drug-likeness (QED) is 0.209. The van der Waals surface area contributed by atoms with Crippen molar-refractivity contribution in [3.63, 3.8) is 0 Å².